The number of rotatable bonds is 6. The Hall–Kier alpha value is -1.40. The number of para-hydroxylation sites is 2. The van der Waals surface area contributed by atoms with Gasteiger partial charge in [-0.1, -0.05) is 0 Å². The van der Waals surface area contributed by atoms with Gasteiger partial charge in [0.25, 0.3) is 0 Å². The maximum absolute atomic E-state index is 6.71. The predicted octanol–water partition coefficient (Wildman–Crippen LogP) is 8.53. The van der Waals surface area contributed by atoms with Crippen molar-refractivity contribution in [3.8, 4) is 11.4 Å². The Morgan fingerprint density at radius 1 is 0.581 bits per heavy atom. The van der Waals surface area contributed by atoms with Crippen LogP contribution in [0.3, 0.4) is 0 Å². The van der Waals surface area contributed by atoms with Crippen LogP contribution < -0.4 is 0 Å². The number of imidazole rings is 1. The summed E-state index contributed by atoms with van der Waals surface area (Å²) in [5, 5.41) is 0. The average molecular weight is 530 g/mol. The van der Waals surface area contributed by atoms with Gasteiger partial charge >= 0.3 is 201 Å². The summed E-state index contributed by atoms with van der Waals surface area (Å²) in [4.78, 5) is 0. The van der Waals surface area contributed by atoms with Crippen molar-refractivity contribution in [1.29, 1.82) is 0 Å². The molecular formula is C27H36ClN2Pd-. The third kappa shape index (κ3) is 4.70. The molecule has 0 aliphatic rings. The second-order valence-electron chi connectivity index (χ2n) is 9.53. The molecule has 2 nitrogen and oxygen atoms in total. The third-order valence-electron chi connectivity index (χ3n) is 5.95. The van der Waals surface area contributed by atoms with Crippen LogP contribution in [0.4, 0.5) is 0 Å². The quantitative estimate of drug-likeness (QED) is 0.283. The van der Waals surface area contributed by atoms with Gasteiger partial charge in [0.15, 0.2) is 0 Å². The molecule has 4 heteroatoms. The molecule has 0 aliphatic heterocycles. The molecule has 0 bridgehead atoms. The summed E-state index contributed by atoms with van der Waals surface area (Å²) in [5.41, 5.74) is 8.08. The first-order valence-corrected chi connectivity index (χ1v) is 14.1. The molecule has 31 heavy (non-hydrogen) atoms. The van der Waals surface area contributed by atoms with Crippen LogP contribution in [0.25, 0.3) is 11.4 Å². The molecule has 0 radical (unpaired) electrons. The number of benzene rings is 2. The van der Waals surface area contributed by atoms with E-state index in [1.54, 1.807) is 0 Å². The SMILES string of the molecule is CC(C)c1cccc(C(C)C)c1-n1ccn(-c2c(C(C)C)cccc2C(C)C)[c]1=[Pd-][Cl]. The van der Waals surface area contributed by atoms with Gasteiger partial charge in [-0.05, 0) is 0 Å². The Bertz CT molecular complexity index is 980. The van der Waals surface area contributed by atoms with Crippen LogP contribution in [-0.4, -0.2) is 9.13 Å². The number of hydrogen-bond donors (Lipinski definition) is 0. The molecular weight excluding hydrogens is 494 g/mol. The summed E-state index contributed by atoms with van der Waals surface area (Å²) >= 11 is -0.0663. The maximum atomic E-state index is 6.71. The molecule has 0 fully saturated rings. The minimum atomic E-state index is -0.0663. The molecule has 172 valence electrons. The van der Waals surface area contributed by atoms with Crippen molar-refractivity contribution in [2.45, 2.75) is 79.1 Å². The van der Waals surface area contributed by atoms with Crippen LogP contribution in [0, 0.1) is 3.89 Å². The monoisotopic (exact) mass is 529 g/mol. The van der Waals surface area contributed by atoms with Gasteiger partial charge in [-0.2, -0.15) is 0 Å². The molecule has 0 saturated carbocycles. The van der Waals surface area contributed by atoms with Crippen molar-refractivity contribution in [2.24, 2.45) is 0 Å². The second kappa shape index (κ2) is 10.0. The van der Waals surface area contributed by atoms with E-state index < -0.39 is 0 Å². The Morgan fingerprint density at radius 2 is 0.871 bits per heavy atom. The van der Waals surface area contributed by atoms with Crippen LogP contribution >= 0.6 is 9.53 Å². The predicted molar refractivity (Wildman–Crippen MR) is 131 cm³/mol. The molecule has 0 amide bonds. The third-order valence-corrected chi connectivity index (χ3v) is 7.60. The van der Waals surface area contributed by atoms with Gasteiger partial charge in [-0.25, -0.2) is 0 Å². The van der Waals surface area contributed by atoms with E-state index in [2.05, 4.69) is 113 Å². The van der Waals surface area contributed by atoms with Gasteiger partial charge in [0.1, 0.15) is 0 Å². The molecule has 2 aromatic carbocycles. The topological polar surface area (TPSA) is 9.86 Å². The first kappa shape index (κ1) is 24.2. The summed E-state index contributed by atoms with van der Waals surface area (Å²) < 4.78 is 5.86. The van der Waals surface area contributed by atoms with Crippen molar-refractivity contribution in [2.75, 3.05) is 0 Å². The van der Waals surface area contributed by atoms with E-state index in [0.717, 1.165) is 3.89 Å². The van der Waals surface area contributed by atoms with Gasteiger partial charge < -0.3 is 0 Å². The fraction of sp³-hybridized carbons (Fsp3) is 0.444. The normalized spacial score (nSPS) is 12.2. The van der Waals surface area contributed by atoms with E-state index in [1.165, 1.54) is 33.6 Å². The Balaban J connectivity index is 2.40. The summed E-state index contributed by atoms with van der Waals surface area (Å²) in [6.07, 6.45) is 4.43. The number of hydrogen-bond acceptors (Lipinski definition) is 0. The summed E-state index contributed by atoms with van der Waals surface area (Å²) in [5.74, 6) is 1.75. The first-order valence-electron chi connectivity index (χ1n) is 11.3. The molecule has 3 rings (SSSR count). The van der Waals surface area contributed by atoms with Crippen LogP contribution in [-0.2, 0) is 16.5 Å². The van der Waals surface area contributed by atoms with Crippen molar-refractivity contribution in [1.82, 2.24) is 9.13 Å². The molecule has 1 aromatic heterocycles. The standard InChI is InChI=1S/C27H36N2.ClH.Pd/c1-18(2)22-11-9-12-23(19(3)4)26(22)28-15-16-29(17-28)27-24(20(5)6)13-10-14-25(27)21(7)8;;/h9-16,18-21H,1-8H3;1H;/p-1. The van der Waals surface area contributed by atoms with E-state index in [9.17, 15) is 0 Å². The zero-order chi connectivity index (χ0) is 22.9. The van der Waals surface area contributed by atoms with Gasteiger partial charge in [0, 0.05) is 0 Å². The van der Waals surface area contributed by atoms with Gasteiger partial charge in [-0.3, -0.25) is 0 Å². The van der Waals surface area contributed by atoms with Crippen molar-refractivity contribution in [3.05, 3.63) is 74.9 Å². The van der Waals surface area contributed by atoms with Gasteiger partial charge in [-0.15, -0.1) is 0 Å². The van der Waals surface area contributed by atoms with Crippen molar-refractivity contribution >= 4 is 9.53 Å². The second-order valence-corrected chi connectivity index (χ2v) is 11.2. The van der Waals surface area contributed by atoms with E-state index in [1.807, 2.05) is 0 Å². The Morgan fingerprint density at radius 3 is 1.10 bits per heavy atom. The average Bonchev–Trinajstić information content (AvgIpc) is 3.15. The van der Waals surface area contributed by atoms with E-state index >= 15 is 0 Å². The molecule has 0 atom stereocenters. The summed E-state index contributed by atoms with van der Waals surface area (Å²) in [7, 11) is 6.71. The first-order chi connectivity index (χ1) is 14.7. The molecule has 0 aliphatic carbocycles. The van der Waals surface area contributed by atoms with E-state index in [4.69, 9.17) is 9.53 Å². The zero-order valence-corrected chi connectivity index (χ0v) is 22.3. The number of nitrogens with zero attached hydrogens (tertiary/aromatic N) is 2. The summed E-state index contributed by atoms with van der Waals surface area (Å²) in [6, 6.07) is 13.5. The molecule has 3 aromatic rings. The molecule has 0 unspecified atom stereocenters. The fourth-order valence-electron chi connectivity index (χ4n) is 4.32. The minimum absolute atomic E-state index is 0.0663. The number of aromatic nitrogens is 2. The molecule has 1 heterocycles. The van der Waals surface area contributed by atoms with Gasteiger partial charge in [0.2, 0.25) is 0 Å². The van der Waals surface area contributed by atoms with Gasteiger partial charge in [0.05, 0.1) is 0 Å². The Labute approximate surface area is 199 Å². The van der Waals surface area contributed by atoms with Crippen molar-refractivity contribution in [3.63, 3.8) is 0 Å². The molecule has 0 spiro atoms. The van der Waals surface area contributed by atoms with Crippen LogP contribution in [0.5, 0.6) is 0 Å². The molecule has 0 saturated heterocycles. The molecule has 0 N–H and O–H groups in total. The van der Waals surface area contributed by atoms with Crippen LogP contribution in [0.2, 0.25) is 0 Å². The fourth-order valence-corrected chi connectivity index (χ4v) is 5.86. The van der Waals surface area contributed by atoms with E-state index in [0.29, 0.717) is 23.7 Å². The Kier molecular flexibility index (Phi) is 7.85. The van der Waals surface area contributed by atoms with Crippen LogP contribution in [0.1, 0.15) is 101 Å². The van der Waals surface area contributed by atoms with Crippen LogP contribution in [0.15, 0.2) is 48.8 Å². The zero-order valence-electron chi connectivity index (χ0n) is 20.0. The number of halogens is 1. The summed E-state index contributed by atoms with van der Waals surface area (Å²) in [6.45, 7) is 18.2. The van der Waals surface area contributed by atoms with E-state index in [-0.39, 0.29) is 16.5 Å². The van der Waals surface area contributed by atoms with Crippen molar-refractivity contribution < 1.29 is 16.5 Å².